The van der Waals surface area contributed by atoms with Crippen molar-refractivity contribution in [1.82, 2.24) is 14.1 Å². The number of hydrogen-bond acceptors (Lipinski definition) is 6. The number of hydrogen-bond donors (Lipinski definition) is 1. The predicted octanol–water partition coefficient (Wildman–Crippen LogP) is 10.6. The molecule has 8 heteroatoms. The molecule has 5 aliphatic rings. The Balaban J connectivity index is 0.855. The third-order valence-electron chi connectivity index (χ3n) is 9.78. The number of rotatable bonds is 4. The van der Waals surface area contributed by atoms with E-state index in [-0.39, 0.29) is 0 Å². The van der Waals surface area contributed by atoms with Crippen LogP contribution in [-0.4, -0.2) is 24.7 Å². The lowest BCUT2D eigenvalue weighted by molar-refractivity contribution is 0.652. The molecule has 10 rings (SSSR count). The Bertz CT molecular complexity index is 1940. The average Bonchev–Trinajstić information content (AvgIpc) is 3.90. The average molecular weight is 649 g/mol. The van der Waals surface area contributed by atoms with Crippen molar-refractivity contribution in [2.24, 2.45) is 0 Å². The number of aromatic nitrogens is 3. The highest BCUT2D eigenvalue weighted by Gasteiger charge is 2.39. The number of nitrogens with zero attached hydrogens (tertiary/aromatic N) is 3. The Kier molecular flexibility index (Phi) is 6.23. The fourth-order valence-electron chi connectivity index (χ4n) is 7.83. The third kappa shape index (κ3) is 4.03. The van der Waals surface area contributed by atoms with Gasteiger partial charge in [0.1, 0.15) is 15.0 Å². The first kappa shape index (κ1) is 26.4. The van der Waals surface area contributed by atoms with E-state index in [1.54, 1.807) is 0 Å². The molecule has 2 aliphatic carbocycles. The van der Waals surface area contributed by atoms with Crippen LogP contribution in [0.5, 0.6) is 0 Å². The molecular formula is C36H32N4S4. The van der Waals surface area contributed by atoms with Crippen LogP contribution in [0.1, 0.15) is 70.3 Å². The molecule has 0 spiro atoms. The Morgan fingerprint density at radius 1 is 0.818 bits per heavy atom. The lowest BCUT2D eigenvalue weighted by Crippen LogP contribution is -2.22. The highest BCUT2D eigenvalue weighted by Crippen LogP contribution is 2.56. The minimum absolute atomic E-state index is 0.393. The molecule has 6 heterocycles. The summed E-state index contributed by atoms with van der Waals surface area (Å²) in [6.07, 6.45) is 19.9. The Morgan fingerprint density at radius 2 is 1.52 bits per heavy atom. The van der Waals surface area contributed by atoms with Gasteiger partial charge >= 0.3 is 0 Å². The summed E-state index contributed by atoms with van der Waals surface area (Å²) in [5.41, 5.74) is 8.66. The SMILES string of the molecule is C1=Cc2c3c(n(C4=CCC(c5nc6c(s5)NC(C5CCC(n7c8ccccc8c8ccccc87)S5)S6)S4)c2CC1)CCC=C3. The van der Waals surface area contributed by atoms with Crippen molar-refractivity contribution in [2.75, 3.05) is 5.32 Å². The van der Waals surface area contributed by atoms with E-state index in [1.165, 1.54) is 77.2 Å². The number of benzene rings is 2. The number of fused-ring (bicyclic) bond motifs is 7. The molecule has 5 aromatic rings. The molecule has 4 atom stereocenters. The molecular weight excluding hydrogens is 617 g/mol. The first-order valence-electron chi connectivity index (χ1n) is 15.8. The van der Waals surface area contributed by atoms with Gasteiger partial charge in [-0.15, -0.1) is 11.8 Å². The van der Waals surface area contributed by atoms with Crippen molar-refractivity contribution in [2.45, 2.75) is 71.2 Å². The first-order chi connectivity index (χ1) is 21.8. The molecule has 0 amide bonds. The van der Waals surface area contributed by atoms with Gasteiger partial charge in [0, 0.05) is 38.5 Å². The van der Waals surface area contributed by atoms with Crippen molar-refractivity contribution in [3.8, 4) is 0 Å². The van der Waals surface area contributed by atoms with E-state index in [0.29, 0.717) is 21.2 Å². The summed E-state index contributed by atoms with van der Waals surface area (Å²) in [5, 5.41) is 13.7. The van der Waals surface area contributed by atoms with Crippen molar-refractivity contribution in [1.29, 1.82) is 0 Å². The summed E-state index contributed by atoms with van der Waals surface area (Å²) in [4.78, 5) is 5.25. The molecule has 2 aromatic carbocycles. The highest BCUT2D eigenvalue weighted by molar-refractivity contribution is 8.08. The molecule has 4 unspecified atom stereocenters. The first-order valence-corrected chi connectivity index (χ1v) is 19.4. The molecule has 0 radical (unpaired) electrons. The van der Waals surface area contributed by atoms with Gasteiger partial charge in [0.25, 0.3) is 0 Å². The molecule has 1 N–H and O–H groups in total. The third-order valence-corrected chi connectivity index (χ3v) is 15.5. The van der Waals surface area contributed by atoms with Gasteiger partial charge in [-0.05, 0) is 57.1 Å². The summed E-state index contributed by atoms with van der Waals surface area (Å²) in [5.74, 6) is 0. The Labute approximate surface area is 274 Å². The van der Waals surface area contributed by atoms with Crippen LogP contribution < -0.4 is 5.32 Å². The van der Waals surface area contributed by atoms with E-state index in [1.807, 2.05) is 34.9 Å². The Morgan fingerprint density at radius 3 is 2.23 bits per heavy atom. The van der Waals surface area contributed by atoms with Gasteiger partial charge in [0.2, 0.25) is 0 Å². The van der Waals surface area contributed by atoms with Crippen LogP contribution >= 0.6 is 46.6 Å². The van der Waals surface area contributed by atoms with Gasteiger partial charge in [-0.25, -0.2) is 4.98 Å². The standard InChI is InChI=1S/C36H32N4S4/c1-5-13-25-21(9-1)22-10-2-6-14-26(22)39(25)31-19-17-29(41-31)33-37-35-36(43-33)38-34(44-35)30-18-20-32(42-30)40-27-15-7-3-11-23(27)24-12-4-8-16-28(24)40/h1-6,9-14,20,29-31,33,37H,7-8,15-19H2. The van der Waals surface area contributed by atoms with E-state index in [4.69, 9.17) is 4.98 Å². The molecule has 44 heavy (non-hydrogen) atoms. The van der Waals surface area contributed by atoms with Crippen molar-refractivity contribution < 1.29 is 0 Å². The molecule has 0 bridgehead atoms. The van der Waals surface area contributed by atoms with Crippen LogP contribution in [0.2, 0.25) is 0 Å². The molecule has 0 saturated carbocycles. The second-order valence-corrected chi connectivity index (χ2v) is 17.1. The van der Waals surface area contributed by atoms with Gasteiger partial charge in [-0.1, -0.05) is 102 Å². The van der Waals surface area contributed by atoms with Crippen LogP contribution in [0.3, 0.4) is 0 Å². The number of anilines is 1. The second kappa shape index (κ2) is 10.4. The van der Waals surface area contributed by atoms with E-state index >= 15 is 0 Å². The normalized spacial score (nSPS) is 25.4. The topological polar surface area (TPSA) is 34.8 Å². The smallest absolute Gasteiger partial charge is 0.133 e. The molecule has 3 aliphatic heterocycles. The fourth-order valence-corrected chi connectivity index (χ4v) is 13.5. The van der Waals surface area contributed by atoms with E-state index in [9.17, 15) is 0 Å². The maximum Gasteiger partial charge on any atom is 0.133 e. The van der Waals surface area contributed by atoms with Crippen LogP contribution in [0.25, 0.3) is 39.0 Å². The molecule has 4 nitrogen and oxygen atoms in total. The van der Waals surface area contributed by atoms with E-state index in [2.05, 4.69) is 105 Å². The van der Waals surface area contributed by atoms with Crippen molar-refractivity contribution >= 4 is 90.6 Å². The Hall–Kier alpha value is -2.78. The highest BCUT2D eigenvalue weighted by atomic mass is 32.2. The summed E-state index contributed by atoms with van der Waals surface area (Å²) in [6, 6.07) is 17.8. The largest absolute Gasteiger partial charge is 0.361 e. The quantitative estimate of drug-likeness (QED) is 0.210. The summed E-state index contributed by atoms with van der Waals surface area (Å²) in [6.45, 7) is 0. The summed E-state index contributed by atoms with van der Waals surface area (Å²) < 4.78 is 5.23. The zero-order valence-electron chi connectivity index (χ0n) is 24.2. The predicted molar refractivity (Wildman–Crippen MR) is 193 cm³/mol. The zero-order valence-corrected chi connectivity index (χ0v) is 27.5. The van der Waals surface area contributed by atoms with Gasteiger partial charge < -0.3 is 14.5 Å². The minimum atomic E-state index is 0.393. The fraction of sp³-hybridized carbons (Fsp3) is 0.306. The maximum absolute atomic E-state index is 5.25. The molecule has 220 valence electrons. The number of thioether (sulfide) groups is 3. The van der Waals surface area contributed by atoms with E-state index in [0.717, 1.165) is 32.1 Å². The lowest BCUT2D eigenvalue weighted by Gasteiger charge is -2.20. The van der Waals surface area contributed by atoms with Crippen LogP contribution in [0.4, 0.5) is 5.00 Å². The van der Waals surface area contributed by atoms with Crippen LogP contribution in [0.15, 0.2) is 71.8 Å². The molecule has 1 saturated heterocycles. The van der Waals surface area contributed by atoms with Crippen molar-refractivity contribution in [3.05, 3.63) is 94.3 Å². The van der Waals surface area contributed by atoms with Gasteiger partial charge in [-0.3, -0.25) is 0 Å². The van der Waals surface area contributed by atoms with Gasteiger partial charge in [0.15, 0.2) is 0 Å². The summed E-state index contributed by atoms with van der Waals surface area (Å²) >= 11 is 8.05. The van der Waals surface area contributed by atoms with Crippen LogP contribution in [-0.2, 0) is 12.8 Å². The lowest BCUT2D eigenvalue weighted by atomic mass is 9.97. The number of para-hydroxylation sites is 2. The summed E-state index contributed by atoms with van der Waals surface area (Å²) in [7, 11) is 0. The minimum Gasteiger partial charge on any atom is -0.361 e. The van der Waals surface area contributed by atoms with Gasteiger partial charge in [-0.2, -0.15) is 0 Å². The van der Waals surface area contributed by atoms with Gasteiger partial charge in [0.05, 0.1) is 32.1 Å². The zero-order chi connectivity index (χ0) is 28.8. The number of nitrogens with one attached hydrogen (secondary N) is 1. The number of thiazole rings is 1. The molecule has 1 fully saturated rings. The van der Waals surface area contributed by atoms with Crippen molar-refractivity contribution in [3.63, 3.8) is 0 Å². The molecule has 3 aromatic heterocycles. The van der Waals surface area contributed by atoms with E-state index < -0.39 is 0 Å². The maximum atomic E-state index is 5.25. The second-order valence-electron chi connectivity index (χ2n) is 12.3. The monoisotopic (exact) mass is 648 g/mol. The number of allylic oxidation sites excluding steroid dienone is 3. The van der Waals surface area contributed by atoms with Crippen LogP contribution in [0, 0.1) is 0 Å².